The van der Waals surface area contributed by atoms with Crippen LogP contribution in [0.2, 0.25) is 0 Å². The van der Waals surface area contributed by atoms with Crippen molar-refractivity contribution in [3.8, 4) is 11.1 Å². The number of nitrogens with zero attached hydrogens (tertiary/aromatic N) is 5. The van der Waals surface area contributed by atoms with Gasteiger partial charge in [0.25, 0.3) is 11.8 Å². The Bertz CT molecular complexity index is 1450. The minimum atomic E-state index is -4.73. The van der Waals surface area contributed by atoms with Gasteiger partial charge in [-0.15, -0.1) is 11.3 Å². The number of nitrogens with one attached hydrogen (secondary N) is 1. The molecular formula is C21H20F3N7O2S. The summed E-state index contributed by atoms with van der Waals surface area (Å²) in [5.41, 5.74) is 6.39. The van der Waals surface area contributed by atoms with E-state index in [4.69, 9.17) is 5.73 Å². The van der Waals surface area contributed by atoms with E-state index in [0.29, 0.717) is 34.8 Å². The van der Waals surface area contributed by atoms with Crippen molar-refractivity contribution >= 4 is 39.1 Å². The Kier molecular flexibility index (Phi) is 5.67. The fourth-order valence-electron chi connectivity index (χ4n) is 3.68. The molecular weight excluding hydrogens is 471 g/mol. The summed E-state index contributed by atoms with van der Waals surface area (Å²) in [6.07, 6.45) is -1.92. The molecule has 2 amide bonds. The van der Waals surface area contributed by atoms with Crippen molar-refractivity contribution in [2.75, 3.05) is 5.32 Å². The molecule has 4 aromatic heterocycles. The molecule has 4 aromatic rings. The first kappa shape index (κ1) is 23.4. The van der Waals surface area contributed by atoms with Crippen molar-refractivity contribution in [1.82, 2.24) is 24.5 Å². The normalized spacial score (nSPS) is 11.9. The molecule has 4 heterocycles. The molecule has 0 fully saturated rings. The van der Waals surface area contributed by atoms with Crippen molar-refractivity contribution in [3.05, 3.63) is 46.0 Å². The van der Waals surface area contributed by atoms with Gasteiger partial charge >= 0.3 is 6.18 Å². The van der Waals surface area contributed by atoms with Crippen LogP contribution in [0.3, 0.4) is 0 Å². The second-order valence-corrected chi connectivity index (χ2v) is 8.58. The Morgan fingerprint density at radius 3 is 2.38 bits per heavy atom. The first-order chi connectivity index (χ1) is 15.9. The Morgan fingerprint density at radius 1 is 1.15 bits per heavy atom. The molecule has 34 heavy (non-hydrogen) atoms. The number of aromatic nitrogens is 5. The number of halogens is 3. The summed E-state index contributed by atoms with van der Waals surface area (Å²) in [7, 11) is 1.66. The van der Waals surface area contributed by atoms with Crippen LogP contribution in [0.1, 0.15) is 44.0 Å². The van der Waals surface area contributed by atoms with Gasteiger partial charge in [-0.05, 0) is 32.4 Å². The maximum absolute atomic E-state index is 13.7. The van der Waals surface area contributed by atoms with Crippen LogP contribution < -0.4 is 11.1 Å². The summed E-state index contributed by atoms with van der Waals surface area (Å²) in [4.78, 5) is 28.8. The molecule has 4 rings (SSSR count). The number of hydrogen-bond acceptors (Lipinski definition) is 6. The zero-order valence-corrected chi connectivity index (χ0v) is 19.4. The molecule has 0 aliphatic heterocycles. The fraction of sp³-hybridized carbons (Fsp3) is 0.286. The molecule has 3 N–H and O–H groups in total. The lowest BCUT2D eigenvalue weighted by Crippen LogP contribution is -2.17. The van der Waals surface area contributed by atoms with Gasteiger partial charge in [-0.25, -0.2) is 4.98 Å². The molecule has 0 unspecified atom stereocenters. The highest BCUT2D eigenvalue weighted by molar-refractivity contribution is 7.21. The molecule has 9 nitrogen and oxygen atoms in total. The zero-order valence-electron chi connectivity index (χ0n) is 18.6. The minimum Gasteiger partial charge on any atom is -0.365 e. The van der Waals surface area contributed by atoms with Crippen molar-refractivity contribution in [1.29, 1.82) is 0 Å². The highest BCUT2D eigenvalue weighted by atomic mass is 32.1. The summed E-state index contributed by atoms with van der Waals surface area (Å²) < 4.78 is 44.2. The molecule has 0 saturated heterocycles. The number of carbonyl (C=O) groups excluding carboxylic acids is 2. The smallest absolute Gasteiger partial charge is 0.365 e. The average molecular weight is 491 g/mol. The lowest BCUT2D eigenvalue weighted by Gasteiger charge is -2.12. The Labute approximate surface area is 195 Å². The van der Waals surface area contributed by atoms with Crippen LogP contribution in [0.4, 0.5) is 18.9 Å². The topological polar surface area (TPSA) is 121 Å². The van der Waals surface area contributed by atoms with Gasteiger partial charge in [0.1, 0.15) is 15.4 Å². The largest absolute Gasteiger partial charge is 0.433 e. The molecule has 0 aliphatic carbocycles. The summed E-state index contributed by atoms with van der Waals surface area (Å²) in [6.45, 7) is 5.77. The van der Waals surface area contributed by atoms with E-state index in [1.54, 1.807) is 25.6 Å². The lowest BCUT2D eigenvalue weighted by molar-refractivity contribution is -0.140. The van der Waals surface area contributed by atoms with E-state index < -0.39 is 23.7 Å². The number of nitrogens with two attached hydrogens (primary N) is 1. The second-order valence-electron chi connectivity index (χ2n) is 7.58. The van der Waals surface area contributed by atoms with Gasteiger partial charge in [-0.2, -0.15) is 23.4 Å². The van der Waals surface area contributed by atoms with Crippen molar-refractivity contribution in [3.63, 3.8) is 0 Å². The summed E-state index contributed by atoms with van der Waals surface area (Å²) in [5, 5.41) is 11.1. The van der Waals surface area contributed by atoms with Gasteiger partial charge in [-0.1, -0.05) is 0 Å². The lowest BCUT2D eigenvalue weighted by atomic mass is 10.0. The van der Waals surface area contributed by atoms with Gasteiger partial charge in [0.05, 0.1) is 23.6 Å². The Balaban J connectivity index is 2.02. The number of aryl methyl sites for hydroxylation is 2. The highest BCUT2D eigenvalue weighted by Crippen LogP contribution is 2.44. The first-order valence-electron chi connectivity index (χ1n) is 10.1. The van der Waals surface area contributed by atoms with E-state index in [0.717, 1.165) is 6.07 Å². The first-order valence-corrected chi connectivity index (χ1v) is 10.9. The molecule has 0 atom stereocenters. The zero-order chi connectivity index (χ0) is 24.9. The van der Waals surface area contributed by atoms with Crippen molar-refractivity contribution < 1.29 is 22.8 Å². The monoisotopic (exact) mass is 491 g/mol. The van der Waals surface area contributed by atoms with E-state index >= 15 is 0 Å². The highest BCUT2D eigenvalue weighted by Gasteiger charge is 2.35. The number of primary amides is 1. The fourth-order valence-corrected chi connectivity index (χ4v) is 4.69. The number of carbonyl (C=O) groups is 2. The third-order valence-corrected chi connectivity index (χ3v) is 6.69. The van der Waals surface area contributed by atoms with Gasteiger partial charge in [0, 0.05) is 35.9 Å². The predicted molar refractivity (Wildman–Crippen MR) is 121 cm³/mol. The quantitative estimate of drug-likeness (QED) is 0.439. The Morgan fingerprint density at radius 2 is 1.85 bits per heavy atom. The third kappa shape index (κ3) is 3.81. The number of alkyl halides is 3. The number of hydrogen-bond donors (Lipinski definition) is 2. The molecule has 0 spiro atoms. The SMILES string of the molecule is CCn1ncc(-c2cc(C(F)(F)F)nc3sc(C(N)=O)c(NC(=O)c4cnn(C)c4C)c23)c1C. The number of rotatable bonds is 5. The summed E-state index contributed by atoms with van der Waals surface area (Å²) >= 11 is 0.688. The van der Waals surface area contributed by atoms with Crippen LogP contribution in [0.5, 0.6) is 0 Å². The number of fused-ring (bicyclic) bond motifs is 1. The summed E-state index contributed by atoms with van der Waals surface area (Å²) in [6, 6.07) is 0.898. The van der Waals surface area contributed by atoms with Gasteiger partial charge in [0.2, 0.25) is 0 Å². The van der Waals surface area contributed by atoms with Gasteiger partial charge < -0.3 is 11.1 Å². The van der Waals surface area contributed by atoms with Crippen LogP contribution in [0.25, 0.3) is 21.3 Å². The minimum absolute atomic E-state index is 0.000580. The van der Waals surface area contributed by atoms with Crippen LogP contribution in [-0.4, -0.2) is 36.4 Å². The molecule has 0 aliphatic rings. The van der Waals surface area contributed by atoms with Crippen LogP contribution >= 0.6 is 11.3 Å². The van der Waals surface area contributed by atoms with E-state index in [2.05, 4.69) is 20.5 Å². The van der Waals surface area contributed by atoms with E-state index in [1.165, 1.54) is 17.1 Å². The maximum Gasteiger partial charge on any atom is 0.433 e. The summed E-state index contributed by atoms with van der Waals surface area (Å²) in [5.74, 6) is -1.48. The van der Waals surface area contributed by atoms with Crippen LogP contribution in [-0.2, 0) is 19.8 Å². The number of thiophene rings is 1. The second kappa shape index (κ2) is 8.24. The maximum atomic E-state index is 13.7. The predicted octanol–water partition coefficient (Wildman–Crippen LogP) is 3.90. The van der Waals surface area contributed by atoms with E-state index in [-0.39, 0.29) is 31.9 Å². The third-order valence-electron chi connectivity index (χ3n) is 5.59. The van der Waals surface area contributed by atoms with Crippen LogP contribution in [0, 0.1) is 13.8 Å². The number of amides is 2. The molecule has 0 aromatic carbocycles. The molecule has 0 saturated carbocycles. The molecule has 0 bridgehead atoms. The van der Waals surface area contributed by atoms with E-state index in [9.17, 15) is 22.8 Å². The average Bonchev–Trinajstić information content (AvgIpc) is 3.42. The van der Waals surface area contributed by atoms with Crippen molar-refractivity contribution in [2.45, 2.75) is 33.5 Å². The molecule has 0 radical (unpaired) electrons. The molecule has 178 valence electrons. The van der Waals surface area contributed by atoms with Crippen molar-refractivity contribution in [2.24, 2.45) is 12.8 Å². The van der Waals surface area contributed by atoms with E-state index in [1.807, 2.05) is 6.92 Å². The number of pyridine rings is 1. The van der Waals surface area contributed by atoms with Crippen LogP contribution in [0.15, 0.2) is 18.5 Å². The van der Waals surface area contributed by atoms with Gasteiger partial charge in [0.15, 0.2) is 0 Å². The Hall–Kier alpha value is -3.74. The number of anilines is 1. The molecule has 13 heteroatoms. The van der Waals surface area contributed by atoms with Gasteiger partial charge in [-0.3, -0.25) is 19.0 Å². The standard InChI is InChI=1S/C21H20F3N7O2S/c1-5-31-10(3)12(7-27-31)11-6-14(21(22,23)24)28-20-15(11)16(17(34-20)18(25)32)29-19(33)13-8-26-30(4)9(13)2/h6-8H,5H2,1-4H3,(H2,25,32)(H,29,33).